The Morgan fingerprint density at radius 1 is 0.913 bits per heavy atom. The number of hydrogen-bond donors (Lipinski definition) is 1. The summed E-state index contributed by atoms with van der Waals surface area (Å²) in [7, 11) is -4.31. The molecule has 0 aliphatic heterocycles. The lowest BCUT2D eigenvalue weighted by Crippen LogP contribution is -2.54. The molecule has 0 spiro atoms. The number of benzene rings is 4. The summed E-state index contributed by atoms with van der Waals surface area (Å²) < 4.78 is 43.0. The fraction of sp³-hybridized carbons (Fsp3) is 0.257. The number of halogens is 3. The molecule has 46 heavy (non-hydrogen) atoms. The third-order valence-corrected chi connectivity index (χ3v) is 10.0. The number of rotatable bonds is 13. The van der Waals surface area contributed by atoms with Crippen molar-refractivity contribution in [3.05, 3.63) is 130 Å². The van der Waals surface area contributed by atoms with Gasteiger partial charge in [0.2, 0.25) is 11.8 Å². The normalized spacial score (nSPS) is 12.7. The average molecular weight is 685 g/mol. The predicted octanol–water partition coefficient (Wildman–Crippen LogP) is 7.19. The molecule has 0 saturated heterocycles. The summed E-state index contributed by atoms with van der Waals surface area (Å²) in [6, 6.07) is 23.9. The number of aryl methyl sites for hydroxylation is 1. The molecule has 0 aromatic heterocycles. The van der Waals surface area contributed by atoms with E-state index in [4.69, 9.17) is 23.2 Å². The van der Waals surface area contributed by atoms with Crippen LogP contribution >= 0.6 is 23.2 Å². The van der Waals surface area contributed by atoms with Gasteiger partial charge in [-0.3, -0.25) is 13.9 Å². The van der Waals surface area contributed by atoms with Gasteiger partial charge in [-0.1, -0.05) is 84.2 Å². The minimum Gasteiger partial charge on any atom is -0.352 e. The van der Waals surface area contributed by atoms with Crippen LogP contribution in [0.1, 0.15) is 37.0 Å². The van der Waals surface area contributed by atoms with Crippen molar-refractivity contribution in [2.24, 2.45) is 0 Å². The lowest BCUT2D eigenvalue weighted by Gasteiger charge is -2.34. The highest BCUT2D eigenvalue weighted by Gasteiger charge is 2.35. The van der Waals surface area contributed by atoms with Crippen LogP contribution in [0.3, 0.4) is 0 Å². The van der Waals surface area contributed by atoms with Crippen LogP contribution in [0.25, 0.3) is 0 Å². The van der Waals surface area contributed by atoms with Crippen LogP contribution in [0.2, 0.25) is 10.0 Å². The third kappa shape index (κ3) is 8.87. The van der Waals surface area contributed by atoms with Crippen molar-refractivity contribution in [1.29, 1.82) is 0 Å². The standard InChI is InChI=1S/C35H36Cl2FN3O4S/c1-4-25(3)39-35(43)33(20-26-8-6-5-7-9-26)40(22-27-12-13-28(36)21-32(27)37)34(42)23-41(30-16-14-29(38)15-17-30)46(44,45)31-18-10-24(2)11-19-31/h5-19,21,25,33H,4,20,22-23H2,1-3H3,(H,39,43). The van der Waals surface area contributed by atoms with E-state index in [2.05, 4.69) is 5.32 Å². The Morgan fingerprint density at radius 3 is 2.17 bits per heavy atom. The smallest absolute Gasteiger partial charge is 0.264 e. The van der Waals surface area contributed by atoms with Crippen LogP contribution in [-0.4, -0.2) is 43.8 Å². The number of nitrogens with one attached hydrogen (secondary N) is 1. The summed E-state index contributed by atoms with van der Waals surface area (Å²) in [5, 5.41) is 3.67. The molecule has 2 atom stereocenters. The van der Waals surface area contributed by atoms with E-state index in [0.29, 0.717) is 17.0 Å². The largest absolute Gasteiger partial charge is 0.352 e. The highest BCUT2D eigenvalue weighted by atomic mass is 35.5. The van der Waals surface area contributed by atoms with Gasteiger partial charge in [0, 0.05) is 29.1 Å². The van der Waals surface area contributed by atoms with Gasteiger partial charge in [0.25, 0.3) is 10.0 Å². The van der Waals surface area contributed by atoms with Crippen LogP contribution in [-0.2, 0) is 32.6 Å². The third-order valence-electron chi connectivity index (χ3n) is 7.63. The second-order valence-electron chi connectivity index (χ2n) is 11.1. The van der Waals surface area contributed by atoms with Crippen molar-refractivity contribution in [1.82, 2.24) is 10.2 Å². The molecule has 4 aromatic rings. The topological polar surface area (TPSA) is 86.8 Å². The quantitative estimate of drug-likeness (QED) is 0.162. The average Bonchev–Trinajstić information content (AvgIpc) is 3.03. The van der Waals surface area contributed by atoms with Crippen LogP contribution < -0.4 is 9.62 Å². The van der Waals surface area contributed by atoms with E-state index < -0.39 is 40.2 Å². The lowest BCUT2D eigenvalue weighted by molar-refractivity contribution is -0.140. The van der Waals surface area contributed by atoms with Gasteiger partial charge in [-0.05, 0) is 79.9 Å². The monoisotopic (exact) mass is 683 g/mol. The van der Waals surface area contributed by atoms with E-state index >= 15 is 0 Å². The van der Waals surface area contributed by atoms with E-state index in [0.717, 1.165) is 27.6 Å². The molecule has 0 saturated carbocycles. The summed E-state index contributed by atoms with van der Waals surface area (Å²) in [6.45, 7) is 4.85. The molecule has 11 heteroatoms. The first kappa shape index (κ1) is 34.9. The van der Waals surface area contributed by atoms with Crippen molar-refractivity contribution in [3.63, 3.8) is 0 Å². The zero-order valence-electron chi connectivity index (χ0n) is 25.8. The van der Waals surface area contributed by atoms with E-state index in [1.54, 1.807) is 30.3 Å². The zero-order chi connectivity index (χ0) is 33.4. The molecule has 0 fully saturated rings. The van der Waals surface area contributed by atoms with Crippen LogP contribution in [0.4, 0.5) is 10.1 Å². The molecule has 0 aliphatic carbocycles. The number of nitrogens with zero attached hydrogens (tertiary/aromatic N) is 2. The minimum absolute atomic E-state index is 0.0436. The van der Waals surface area contributed by atoms with Gasteiger partial charge >= 0.3 is 0 Å². The van der Waals surface area contributed by atoms with Crippen LogP contribution in [0.5, 0.6) is 0 Å². The first-order valence-corrected chi connectivity index (χ1v) is 17.0. The van der Waals surface area contributed by atoms with Crippen LogP contribution in [0, 0.1) is 12.7 Å². The molecule has 242 valence electrons. The maximum absolute atomic E-state index is 14.5. The highest BCUT2D eigenvalue weighted by molar-refractivity contribution is 7.92. The molecule has 4 rings (SSSR count). The fourth-order valence-corrected chi connectivity index (χ4v) is 6.68. The summed E-state index contributed by atoms with van der Waals surface area (Å²) in [5.41, 5.74) is 2.26. The molecular formula is C35H36Cl2FN3O4S. The van der Waals surface area contributed by atoms with E-state index in [9.17, 15) is 22.4 Å². The Balaban J connectivity index is 1.82. The molecule has 0 heterocycles. The molecule has 0 bridgehead atoms. The first-order valence-electron chi connectivity index (χ1n) is 14.8. The SMILES string of the molecule is CCC(C)NC(=O)C(Cc1ccccc1)N(Cc1ccc(Cl)cc1Cl)C(=O)CN(c1ccc(F)cc1)S(=O)(=O)c1ccc(C)cc1. The fourth-order valence-electron chi connectivity index (χ4n) is 4.80. The number of carbonyl (C=O) groups is 2. The van der Waals surface area contributed by atoms with Gasteiger partial charge in [0.05, 0.1) is 10.6 Å². The number of anilines is 1. The Morgan fingerprint density at radius 2 is 1.57 bits per heavy atom. The lowest BCUT2D eigenvalue weighted by atomic mass is 10.0. The van der Waals surface area contributed by atoms with Gasteiger partial charge < -0.3 is 10.2 Å². The predicted molar refractivity (Wildman–Crippen MR) is 181 cm³/mol. The Kier molecular flexibility index (Phi) is 11.8. The van der Waals surface area contributed by atoms with Gasteiger partial charge in [0.15, 0.2) is 0 Å². The second-order valence-corrected chi connectivity index (χ2v) is 13.8. The highest BCUT2D eigenvalue weighted by Crippen LogP contribution is 2.27. The van der Waals surface area contributed by atoms with Gasteiger partial charge in [-0.25, -0.2) is 12.8 Å². The molecule has 4 aromatic carbocycles. The number of hydrogen-bond acceptors (Lipinski definition) is 4. The Hall–Kier alpha value is -3.92. The number of carbonyl (C=O) groups excluding carboxylic acids is 2. The van der Waals surface area contributed by atoms with Gasteiger partial charge in [0.1, 0.15) is 18.4 Å². The summed E-state index contributed by atoms with van der Waals surface area (Å²) >= 11 is 12.7. The first-order chi connectivity index (χ1) is 21.9. The molecule has 2 amide bonds. The molecule has 1 N–H and O–H groups in total. The van der Waals surface area contributed by atoms with Gasteiger partial charge in [-0.15, -0.1) is 0 Å². The summed E-state index contributed by atoms with van der Waals surface area (Å²) in [5.74, 6) is -1.62. The molecular weight excluding hydrogens is 648 g/mol. The van der Waals surface area contributed by atoms with Crippen molar-refractivity contribution in [2.75, 3.05) is 10.8 Å². The zero-order valence-corrected chi connectivity index (χ0v) is 28.1. The number of sulfonamides is 1. The molecule has 0 aliphatic rings. The van der Waals surface area contributed by atoms with E-state index in [1.165, 1.54) is 29.2 Å². The molecule has 2 unspecified atom stereocenters. The van der Waals surface area contributed by atoms with Crippen molar-refractivity contribution < 1.29 is 22.4 Å². The van der Waals surface area contributed by atoms with Crippen molar-refractivity contribution >= 4 is 50.7 Å². The maximum Gasteiger partial charge on any atom is 0.264 e. The van der Waals surface area contributed by atoms with E-state index in [-0.39, 0.29) is 34.6 Å². The minimum atomic E-state index is -4.31. The van der Waals surface area contributed by atoms with Crippen molar-refractivity contribution in [2.45, 2.75) is 57.1 Å². The van der Waals surface area contributed by atoms with E-state index in [1.807, 2.05) is 51.1 Å². The molecule has 7 nitrogen and oxygen atoms in total. The summed E-state index contributed by atoms with van der Waals surface area (Å²) in [6.07, 6.45) is 0.815. The van der Waals surface area contributed by atoms with Gasteiger partial charge in [-0.2, -0.15) is 0 Å². The summed E-state index contributed by atoms with van der Waals surface area (Å²) in [4.78, 5) is 29.7. The maximum atomic E-state index is 14.5. The van der Waals surface area contributed by atoms with Crippen molar-refractivity contribution in [3.8, 4) is 0 Å². The Bertz CT molecular complexity index is 1760. The number of amides is 2. The second kappa shape index (κ2) is 15.6. The Labute approximate surface area is 280 Å². The van der Waals surface area contributed by atoms with Crippen LogP contribution in [0.15, 0.2) is 102 Å². The molecule has 0 radical (unpaired) electrons.